The Hall–Kier alpha value is -3.03. The Morgan fingerprint density at radius 2 is 2.13 bits per heavy atom. The number of aromatic nitrogens is 3. The van der Waals surface area contributed by atoms with E-state index in [2.05, 4.69) is 20.7 Å². The number of hydrogen-bond acceptors (Lipinski definition) is 9. The van der Waals surface area contributed by atoms with Gasteiger partial charge in [-0.05, 0) is 23.3 Å². The molecule has 0 radical (unpaired) electrons. The van der Waals surface area contributed by atoms with Gasteiger partial charge in [-0.15, -0.1) is 16.9 Å². The number of carbonyl (C=O) groups is 3. The molecular weight excluding hydrogens is 444 g/mol. The van der Waals surface area contributed by atoms with Crippen LogP contribution in [0.2, 0.25) is 0 Å². The van der Waals surface area contributed by atoms with E-state index >= 15 is 0 Å². The van der Waals surface area contributed by atoms with Gasteiger partial charge >= 0.3 is 5.97 Å². The number of aromatic amines is 1. The Labute approximate surface area is 184 Å². The summed E-state index contributed by atoms with van der Waals surface area (Å²) in [5.74, 6) is -1.45. The van der Waals surface area contributed by atoms with E-state index in [1.54, 1.807) is 0 Å². The maximum Gasteiger partial charge on any atom is 0.352 e. The minimum Gasteiger partial charge on any atom is -0.508 e. The van der Waals surface area contributed by atoms with Gasteiger partial charge in [0.2, 0.25) is 5.91 Å². The van der Waals surface area contributed by atoms with Gasteiger partial charge in [0.1, 0.15) is 33.9 Å². The normalized spacial score (nSPS) is 21.3. The number of carboxylic acid groups (broad SMARTS) is 1. The van der Waals surface area contributed by atoms with Gasteiger partial charge in [-0.1, -0.05) is 23.9 Å². The molecule has 13 heteroatoms. The molecule has 3 atom stereocenters. The first kappa shape index (κ1) is 21.2. The van der Waals surface area contributed by atoms with Crippen LogP contribution in [0.1, 0.15) is 11.6 Å². The van der Waals surface area contributed by atoms with E-state index < -0.39 is 35.2 Å². The molecule has 4 rings (SSSR count). The van der Waals surface area contributed by atoms with E-state index in [1.807, 2.05) is 0 Å². The predicted octanol–water partition coefficient (Wildman–Crippen LogP) is 0.0410. The van der Waals surface area contributed by atoms with Gasteiger partial charge in [0.25, 0.3) is 5.91 Å². The highest BCUT2D eigenvalue weighted by atomic mass is 32.2. The van der Waals surface area contributed by atoms with Gasteiger partial charge in [-0.3, -0.25) is 14.5 Å². The van der Waals surface area contributed by atoms with Crippen LogP contribution in [0.5, 0.6) is 5.75 Å². The smallest absolute Gasteiger partial charge is 0.352 e. The van der Waals surface area contributed by atoms with Crippen LogP contribution in [0, 0.1) is 0 Å². The number of nitrogens with zero attached hydrogens (tertiary/aromatic N) is 3. The lowest BCUT2D eigenvalue weighted by Crippen LogP contribution is -2.71. The molecule has 1 aromatic heterocycles. The number of carbonyl (C=O) groups excluding carboxylic acids is 2. The second-order valence-corrected chi connectivity index (χ2v) is 8.92. The first-order chi connectivity index (χ1) is 14.9. The number of carboxylic acids is 1. The molecule has 0 bridgehead atoms. The fourth-order valence-corrected chi connectivity index (χ4v) is 5.56. The molecule has 2 amide bonds. The van der Waals surface area contributed by atoms with Crippen LogP contribution in [0.25, 0.3) is 0 Å². The Morgan fingerprint density at radius 3 is 2.77 bits per heavy atom. The highest BCUT2D eigenvalue weighted by Crippen LogP contribution is 2.41. The number of benzene rings is 1. The van der Waals surface area contributed by atoms with Crippen molar-refractivity contribution in [3.05, 3.63) is 47.3 Å². The SMILES string of the molecule is NC(C(=O)NC1C(=O)N2C(C(=O)O)=C(CSc3cn[nH]n3)CS[C@H]12)c1ccc(O)cc1. The van der Waals surface area contributed by atoms with E-state index in [4.69, 9.17) is 5.73 Å². The van der Waals surface area contributed by atoms with Crippen molar-refractivity contribution >= 4 is 41.3 Å². The number of fused-ring (bicyclic) bond motifs is 1. The number of hydrogen-bond donors (Lipinski definition) is 5. The van der Waals surface area contributed by atoms with Crippen molar-refractivity contribution in [1.82, 2.24) is 25.6 Å². The lowest BCUT2D eigenvalue weighted by atomic mass is 10.0. The average Bonchev–Trinajstić information content (AvgIpc) is 3.28. The summed E-state index contributed by atoms with van der Waals surface area (Å²) in [4.78, 5) is 38.4. The Bertz CT molecular complexity index is 1040. The molecule has 2 aliphatic rings. The summed E-state index contributed by atoms with van der Waals surface area (Å²) in [6, 6.07) is 3.98. The number of thioether (sulfide) groups is 2. The molecule has 31 heavy (non-hydrogen) atoms. The van der Waals surface area contributed by atoms with E-state index in [0.29, 0.717) is 27.7 Å². The van der Waals surface area contributed by atoms with Crippen LogP contribution < -0.4 is 11.1 Å². The molecule has 3 heterocycles. The zero-order valence-electron chi connectivity index (χ0n) is 15.9. The minimum absolute atomic E-state index is 0.0466. The van der Waals surface area contributed by atoms with Crippen molar-refractivity contribution in [3.8, 4) is 5.75 Å². The number of amides is 2. The fraction of sp³-hybridized carbons (Fsp3) is 0.278. The summed E-state index contributed by atoms with van der Waals surface area (Å²) >= 11 is 2.70. The zero-order valence-corrected chi connectivity index (χ0v) is 17.5. The molecule has 6 N–H and O–H groups in total. The van der Waals surface area contributed by atoms with Gasteiger partial charge in [0, 0.05) is 11.5 Å². The van der Waals surface area contributed by atoms with E-state index in [-0.39, 0.29) is 11.4 Å². The number of rotatable bonds is 7. The first-order valence-electron chi connectivity index (χ1n) is 9.10. The lowest BCUT2D eigenvalue weighted by molar-refractivity contribution is -0.150. The lowest BCUT2D eigenvalue weighted by Gasteiger charge is -2.49. The second-order valence-electron chi connectivity index (χ2n) is 6.82. The molecule has 162 valence electrons. The van der Waals surface area contributed by atoms with Gasteiger partial charge < -0.3 is 21.3 Å². The van der Waals surface area contributed by atoms with Crippen molar-refractivity contribution < 1.29 is 24.6 Å². The predicted molar refractivity (Wildman–Crippen MR) is 112 cm³/mol. The monoisotopic (exact) mass is 462 g/mol. The largest absolute Gasteiger partial charge is 0.508 e. The number of aliphatic carboxylic acids is 1. The Balaban J connectivity index is 1.45. The van der Waals surface area contributed by atoms with Crippen LogP contribution in [0.4, 0.5) is 0 Å². The van der Waals surface area contributed by atoms with Crippen LogP contribution in [0.3, 0.4) is 0 Å². The highest BCUT2D eigenvalue weighted by molar-refractivity contribution is 8.01. The standard InChI is InChI=1S/C18H18N6O5S2/c19-12(8-1-3-10(25)4-2-8)15(26)21-13-16(27)24-14(18(28)29)9(7-31-17(13)24)6-30-11-5-20-23-22-11/h1-5,12-13,17,25H,6-7,19H2,(H,21,26)(H,28,29)(H,20,22,23)/t12?,13?,17-/m1/s1. The second kappa shape index (κ2) is 8.61. The number of H-pyrrole nitrogens is 1. The Kier molecular flexibility index (Phi) is 5.89. The third-order valence-corrected chi connectivity index (χ3v) is 7.19. The summed E-state index contributed by atoms with van der Waals surface area (Å²) < 4.78 is 0. The van der Waals surface area contributed by atoms with Gasteiger partial charge in [-0.25, -0.2) is 4.79 Å². The first-order valence-corrected chi connectivity index (χ1v) is 11.1. The molecule has 2 unspecified atom stereocenters. The van der Waals surface area contributed by atoms with E-state index in [9.17, 15) is 24.6 Å². The number of phenols is 1. The number of nitrogens with two attached hydrogens (primary N) is 1. The highest BCUT2D eigenvalue weighted by Gasteiger charge is 2.54. The van der Waals surface area contributed by atoms with Crippen molar-refractivity contribution in [2.24, 2.45) is 5.73 Å². The molecule has 2 aromatic rings. The molecule has 1 aromatic carbocycles. The topological polar surface area (TPSA) is 175 Å². The summed E-state index contributed by atoms with van der Waals surface area (Å²) in [6.45, 7) is 0. The van der Waals surface area contributed by atoms with Crippen LogP contribution >= 0.6 is 23.5 Å². The summed E-state index contributed by atoms with van der Waals surface area (Å²) in [7, 11) is 0. The summed E-state index contributed by atoms with van der Waals surface area (Å²) in [6.07, 6.45) is 1.53. The number of nitrogens with one attached hydrogen (secondary N) is 2. The quantitative estimate of drug-likeness (QED) is 0.279. The molecule has 2 aliphatic heterocycles. The maximum atomic E-state index is 12.7. The average molecular weight is 463 g/mol. The molecule has 0 aliphatic carbocycles. The fourth-order valence-electron chi connectivity index (χ4n) is 3.29. The summed E-state index contributed by atoms with van der Waals surface area (Å²) in [5, 5.41) is 31.9. The molecule has 1 fully saturated rings. The molecule has 0 saturated carbocycles. The zero-order chi connectivity index (χ0) is 22.1. The van der Waals surface area contributed by atoms with Crippen LogP contribution in [0.15, 0.2) is 46.8 Å². The number of β-lactam (4-membered cyclic amide) rings is 1. The third kappa shape index (κ3) is 4.11. The van der Waals surface area contributed by atoms with E-state index in [0.717, 1.165) is 0 Å². The minimum atomic E-state index is -1.19. The van der Waals surface area contributed by atoms with Crippen molar-refractivity contribution in [2.75, 3.05) is 11.5 Å². The van der Waals surface area contributed by atoms with Crippen molar-refractivity contribution in [1.29, 1.82) is 0 Å². The molecular formula is C18H18N6O5S2. The summed E-state index contributed by atoms with van der Waals surface area (Å²) in [5.41, 5.74) is 6.99. The van der Waals surface area contributed by atoms with Gasteiger partial charge in [-0.2, -0.15) is 10.3 Å². The molecule has 1 saturated heterocycles. The number of aromatic hydroxyl groups is 1. The van der Waals surface area contributed by atoms with Crippen LogP contribution in [-0.2, 0) is 14.4 Å². The Morgan fingerprint density at radius 1 is 1.39 bits per heavy atom. The number of phenolic OH excluding ortho intramolecular Hbond substituents is 1. The van der Waals surface area contributed by atoms with Crippen LogP contribution in [-0.4, -0.2) is 71.2 Å². The molecule has 0 spiro atoms. The van der Waals surface area contributed by atoms with Crippen molar-refractivity contribution in [2.45, 2.75) is 22.5 Å². The van der Waals surface area contributed by atoms with Crippen molar-refractivity contribution in [3.63, 3.8) is 0 Å². The third-order valence-electron chi connectivity index (χ3n) is 4.87. The maximum absolute atomic E-state index is 12.7. The van der Waals surface area contributed by atoms with E-state index in [1.165, 1.54) is 58.9 Å². The van der Waals surface area contributed by atoms with Gasteiger partial charge in [0.05, 0.1) is 6.20 Å². The molecule has 11 nitrogen and oxygen atoms in total. The van der Waals surface area contributed by atoms with Gasteiger partial charge in [0.15, 0.2) is 0 Å².